The lowest BCUT2D eigenvalue weighted by molar-refractivity contribution is 0.143. The fourth-order valence-electron chi connectivity index (χ4n) is 3.13. The van der Waals surface area contributed by atoms with Gasteiger partial charge in [-0.15, -0.1) is 0 Å². The van der Waals surface area contributed by atoms with Gasteiger partial charge < -0.3 is 0 Å². The van der Waals surface area contributed by atoms with Gasteiger partial charge in [-0.05, 0) is 48.4 Å². The van der Waals surface area contributed by atoms with Crippen molar-refractivity contribution in [2.45, 2.75) is 51.5 Å². The average Bonchev–Trinajstić information content (AvgIpc) is 2.40. The molecule has 0 bridgehead atoms. The van der Waals surface area contributed by atoms with Crippen molar-refractivity contribution in [2.75, 3.05) is 0 Å². The molecule has 0 aromatic heterocycles. The van der Waals surface area contributed by atoms with Gasteiger partial charge in [-0.25, -0.2) is 4.39 Å². The van der Waals surface area contributed by atoms with Crippen LogP contribution >= 0.6 is 15.9 Å². The molecule has 0 aliphatic heterocycles. The van der Waals surface area contributed by atoms with Gasteiger partial charge >= 0.3 is 0 Å². The Kier molecular flexibility index (Phi) is 4.98. The van der Waals surface area contributed by atoms with Crippen molar-refractivity contribution in [3.8, 4) is 0 Å². The maximum atomic E-state index is 13.9. The van der Waals surface area contributed by atoms with E-state index in [-0.39, 0.29) is 17.3 Å². The second-order valence-electron chi connectivity index (χ2n) is 5.87. The van der Waals surface area contributed by atoms with E-state index in [1.165, 1.54) is 25.3 Å². The second kappa shape index (κ2) is 6.33. The summed E-state index contributed by atoms with van der Waals surface area (Å²) in [4.78, 5) is 0. The Balaban J connectivity index is 2.16. The molecule has 1 aromatic carbocycles. The highest BCUT2D eigenvalue weighted by molar-refractivity contribution is 9.10. The van der Waals surface area contributed by atoms with Crippen LogP contribution in [0.4, 0.5) is 4.39 Å². The highest BCUT2D eigenvalue weighted by Crippen LogP contribution is 2.39. The maximum Gasteiger partial charge on any atom is 0.126 e. The van der Waals surface area contributed by atoms with E-state index in [1.54, 1.807) is 6.07 Å². The van der Waals surface area contributed by atoms with Crippen molar-refractivity contribution in [3.05, 3.63) is 34.1 Å². The monoisotopic (exact) mass is 328 g/mol. The molecule has 19 heavy (non-hydrogen) atoms. The molecule has 1 fully saturated rings. The fraction of sp³-hybridized carbons (Fsp3) is 0.600. The van der Waals surface area contributed by atoms with Crippen molar-refractivity contribution < 1.29 is 4.39 Å². The molecule has 0 heterocycles. The van der Waals surface area contributed by atoms with Crippen molar-refractivity contribution in [2.24, 2.45) is 11.3 Å². The van der Waals surface area contributed by atoms with E-state index in [2.05, 4.69) is 28.3 Å². The lowest BCUT2D eigenvalue weighted by atomic mass is 9.69. The van der Waals surface area contributed by atoms with Gasteiger partial charge in [0.2, 0.25) is 0 Å². The van der Waals surface area contributed by atoms with Gasteiger partial charge in [0.1, 0.15) is 5.82 Å². The molecule has 0 amide bonds. The highest BCUT2D eigenvalue weighted by atomic mass is 79.9. The van der Waals surface area contributed by atoms with Crippen LogP contribution in [-0.4, -0.2) is 6.04 Å². The predicted octanol–water partition coefficient (Wildman–Crippen LogP) is 3.93. The molecule has 1 aliphatic carbocycles. The first-order valence-electron chi connectivity index (χ1n) is 6.95. The van der Waals surface area contributed by atoms with Crippen LogP contribution in [0.15, 0.2) is 22.7 Å². The Morgan fingerprint density at radius 1 is 1.37 bits per heavy atom. The number of hydrogen-bond donors (Lipinski definition) is 2. The van der Waals surface area contributed by atoms with Crippen LogP contribution in [0.5, 0.6) is 0 Å². The molecular formula is C15H22BrFN2. The van der Waals surface area contributed by atoms with Crippen molar-refractivity contribution in [1.82, 2.24) is 5.43 Å². The van der Waals surface area contributed by atoms with E-state index in [0.717, 1.165) is 22.9 Å². The first-order valence-corrected chi connectivity index (χ1v) is 7.74. The van der Waals surface area contributed by atoms with Gasteiger partial charge in [-0.2, -0.15) is 0 Å². The van der Waals surface area contributed by atoms with Gasteiger partial charge in [-0.3, -0.25) is 11.3 Å². The van der Waals surface area contributed by atoms with Crippen LogP contribution in [0.2, 0.25) is 0 Å². The minimum absolute atomic E-state index is 0.122. The number of nitrogens with two attached hydrogens (primary N) is 1. The van der Waals surface area contributed by atoms with Crippen molar-refractivity contribution >= 4 is 15.9 Å². The average molecular weight is 329 g/mol. The number of halogens is 2. The zero-order chi connectivity index (χ0) is 13.9. The zero-order valence-corrected chi connectivity index (χ0v) is 13.0. The topological polar surface area (TPSA) is 38.0 Å². The van der Waals surface area contributed by atoms with E-state index < -0.39 is 0 Å². The molecule has 1 unspecified atom stereocenters. The Labute approximate surface area is 123 Å². The molecule has 2 nitrogen and oxygen atoms in total. The van der Waals surface area contributed by atoms with Gasteiger partial charge in [-0.1, -0.05) is 42.1 Å². The van der Waals surface area contributed by atoms with Crippen LogP contribution in [0.3, 0.4) is 0 Å². The summed E-state index contributed by atoms with van der Waals surface area (Å²) in [6.07, 6.45) is 6.76. The first kappa shape index (κ1) is 14.9. The Hall–Kier alpha value is -0.450. The summed E-state index contributed by atoms with van der Waals surface area (Å²) in [7, 11) is 0. The summed E-state index contributed by atoms with van der Waals surface area (Å²) in [5.41, 5.74) is 3.82. The summed E-state index contributed by atoms with van der Waals surface area (Å²) in [5, 5.41) is 0. The number of benzene rings is 1. The molecular weight excluding hydrogens is 307 g/mol. The van der Waals surface area contributed by atoms with Crippen molar-refractivity contribution in [1.29, 1.82) is 0 Å². The van der Waals surface area contributed by atoms with Crippen LogP contribution in [0, 0.1) is 11.2 Å². The molecule has 0 radical (unpaired) electrons. The Morgan fingerprint density at radius 2 is 2.05 bits per heavy atom. The summed E-state index contributed by atoms with van der Waals surface area (Å²) in [5.74, 6) is 5.59. The molecule has 1 atom stereocenters. The van der Waals surface area contributed by atoms with Crippen LogP contribution < -0.4 is 11.3 Å². The zero-order valence-electron chi connectivity index (χ0n) is 11.4. The van der Waals surface area contributed by atoms with Gasteiger partial charge in [0.25, 0.3) is 0 Å². The first-order chi connectivity index (χ1) is 9.05. The summed E-state index contributed by atoms with van der Waals surface area (Å²) < 4.78 is 14.8. The highest BCUT2D eigenvalue weighted by Gasteiger charge is 2.35. The van der Waals surface area contributed by atoms with E-state index in [1.807, 2.05) is 6.07 Å². The minimum atomic E-state index is -0.150. The predicted molar refractivity (Wildman–Crippen MR) is 80.1 cm³/mol. The normalized spacial score (nSPS) is 20.2. The molecule has 3 N–H and O–H groups in total. The maximum absolute atomic E-state index is 13.9. The lowest BCUT2D eigenvalue weighted by Gasteiger charge is -2.40. The number of hydrogen-bond acceptors (Lipinski definition) is 2. The minimum Gasteiger partial charge on any atom is -0.271 e. The third-order valence-electron chi connectivity index (χ3n) is 4.47. The quantitative estimate of drug-likeness (QED) is 0.649. The third kappa shape index (κ3) is 3.56. The molecule has 1 aliphatic rings. The van der Waals surface area contributed by atoms with Crippen molar-refractivity contribution in [3.63, 3.8) is 0 Å². The number of nitrogens with one attached hydrogen (secondary N) is 1. The van der Waals surface area contributed by atoms with Crippen LogP contribution in [-0.2, 0) is 6.42 Å². The Morgan fingerprint density at radius 3 is 2.68 bits per heavy atom. The second-order valence-corrected chi connectivity index (χ2v) is 6.79. The molecule has 0 saturated heterocycles. The Bertz CT molecular complexity index is 430. The van der Waals surface area contributed by atoms with Gasteiger partial charge in [0.15, 0.2) is 0 Å². The van der Waals surface area contributed by atoms with E-state index in [0.29, 0.717) is 6.42 Å². The summed E-state index contributed by atoms with van der Waals surface area (Å²) in [6, 6.07) is 5.21. The largest absolute Gasteiger partial charge is 0.271 e. The fourth-order valence-corrected chi connectivity index (χ4v) is 3.54. The van der Waals surface area contributed by atoms with Crippen LogP contribution in [0.25, 0.3) is 0 Å². The molecule has 0 spiro atoms. The van der Waals surface area contributed by atoms with Gasteiger partial charge in [0.05, 0.1) is 0 Å². The molecule has 4 heteroatoms. The summed E-state index contributed by atoms with van der Waals surface area (Å²) in [6.45, 7) is 2.27. The third-order valence-corrected chi connectivity index (χ3v) is 4.96. The van der Waals surface area contributed by atoms with Gasteiger partial charge in [0, 0.05) is 10.5 Å². The summed E-state index contributed by atoms with van der Waals surface area (Å²) >= 11 is 3.40. The van der Waals surface area contributed by atoms with Crippen LogP contribution in [0.1, 0.15) is 44.6 Å². The lowest BCUT2D eigenvalue weighted by Crippen LogP contribution is -2.49. The molecule has 106 valence electrons. The SMILES string of the molecule is CC1(C(Cc2cc(Br)ccc2F)NN)CCCCC1. The van der Waals surface area contributed by atoms with E-state index >= 15 is 0 Å². The molecule has 1 aromatic rings. The number of hydrazine groups is 1. The van der Waals surface area contributed by atoms with E-state index in [9.17, 15) is 4.39 Å². The van der Waals surface area contributed by atoms with E-state index in [4.69, 9.17) is 5.84 Å². The number of rotatable bonds is 4. The smallest absolute Gasteiger partial charge is 0.126 e. The molecule has 1 saturated carbocycles. The molecule has 2 rings (SSSR count). The standard InChI is InChI=1S/C15H22BrFN2/c1-15(7-3-2-4-8-15)14(19-18)10-11-9-12(16)5-6-13(11)17/h5-6,9,14,19H,2-4,7-8,10,18H2,1H3.